The smallest absolute Gasteiger partial charge is 0.0132 e. The third-order valence-corrected chi connectivity index (χ3v) is 3.95. The third-order valence-electron chi connectivity index (χ3n) is 2.81. The van der Waals surface area contributed by atoms with Gasteiger partial charge in [-0.05, 0) is 45.7 Å². The van der Waals surface area contributed by atoms with Crippen LogP contribution in [0.5, 0.6) is 0 Å². The molecule has 0 radical (unpaired) electrons. The number of hydrogen-bond donors (Lipinski definition) is 1. The Labute approximate surface area is 92.8 Å². The fourth-order valence-corrected chi connectivity index (χ4v) is 2.61. The Kier molecular flexibility index (Phi) is 5.90. The Hall–Kier alpha value is 0.270. The molecule has 3 heteroatoms. The van der Waals surface area contributed by atoms with E-state index in [4.69, 9.17) is 0 Å². The predicted molar refractivity (Wildman–Crippen MR) is 66.1 cm³/mol. The molecule has 0 amide bonds. The standard InChI is InChI=1S/C11H24N2S/c1-4-14-9-10(2)12-11-5-7-13(3)8-6-11/h10-12H,4-9H2,1-3H3. The molecule has 0 bridgehead atoms. The average molecular weight is 216 g/mol. The topological polar surface area (TPSA) is 15.3 Å². The van der Waals surface area contributed by atoms with Crippen LogP contribution in [0, 0.1) is 0 Å². The van der Waals surface area contributed by atoms with Gasteiger partial charge in [0.05, 0.1) is 0 Å². The third kappa shape index (κ3) is 4.67. The van der Waals surface area contributed by atoms with E-state index in [9.17, 15) is 0 Å². The minimum atomic E-state index is 0.674. The molecule has 1 fully saturated rings. The van der Waals surface area contributed by atoms with Gasteiger partial charge in [0.25, 0.3) is 0 Å². The van der Waals surface area contributed by atoms with E-state index in [2.05, 4.69) is 31.1 Å². The quantitative estimate of drug-likeness (QED) is 0.754. The molecule has 1 saturated heterocycles. The van der Waals surface area contributed by atoms with Gasteiger partial charge in [-0.2, -0.15) is 11.8 Å². The number of hydrogen-bond acceptors (Lipinski definition) is 3. The van der Waals surface area contributed by atoms with Gasteiger partial charge in [0.15, 0.2) is 0 Å². The molecule has 84 valence electrons. The summed E-state index contributed by atoms with van der Waals surface area (Å²) in [5.74, 6) is 2.49. The van der Waals surface area contributed by atoms with Gasteiger partial charge in [-0.25, -0.2) is 0 Å². The first-order valence-electron chi connectivity index (χ1n) is 5.74. The van der Waals surface area contributed by atoms with Crippen molar-refractivity contribution in [2.24, 2.45) is 0 Å². The zero-order chi connectivity index (χ0) is 10.4. The van der Waals surface area contributed by atoms with Crippen molar-refractivity contribution in [3.63, 3.8) is 0 Å². The van der Waals surface area contributed by atoms with E-state index < -0.39 is 0 Å². The largest absolute Gasteiger partial charge is 0.311 e. The summed E-state index contributed by atoms with van der Waals surface area (Å²) in [6, 6.07) is 1.44. The zero-order valence-corrected chi connectivity index (χ0v) is 10.6. The summed E-state index contributed by atoms with van der Waals surface area (Å²) in [5.41, 5.74) is 0. The highest BCUT2D eigenvalue weighted by atomic mass is 32.2. The van der Waals surface area contributed by atoms with Crippen LogP contribution < -0.4 is 5.32 Å². The van der Waals surface area contributed by atoms with Crippen LogP contribution in [0.2, 0.25) is 0 Å². The number of likely N-dealkylation sites (tertiary alicyclic amines) is 1. The van der Waals surface area contributed by atoms with Crippen molar-refractivity contribution in [2.75, 3.05) is 31.6 Å². The molecule has 0 saturated carbocycles. The first-order chi connectivity index (χ1) is 6.72. The second-order valence-corrected chi connectivity index (χ2v) is 5.62. The summed E-state index contributed by atoms with van der Waals surface area (Å²) in [7, 11) is 2.21. The van der Waals surface area contributed by atoms with Crippen LogP contribution in [-0.2, 0) is 0 Å². The molecule has 1 atom stereocenters. The van der Waals surface area contributed by atoms with Gasteiger partial charge >= 0.3 is 0 Å². The van der Waals surface area contributed by atoms with Crippen molar-refractivity contribution >= 4 is 11.8 Å². The lowest BCUT2D eigenvalue weighted by Gasteiger charge is -2.31. The van der Waals surface area contributed by atoms with Crippen LogP contribution in [0.3, 0.4) is 0 Å². The van der Waals surface area contributed by atoms with Crippen molar-refractivity contribution in [1.82, 2.24) is 10.2 Å². The highest BCUT2D eigenvalue weighted by molar-refractivity contribution is 7.99. The Morgan fingerprint density at radius 1 is 1.43 bits per heavy atom. The van der Waals surface area contributed by atoms with Gasteiger partial charge in [0, 0.05) is 17.8 Å². The molecule has 1 aliphatic heterocycles. The van der Waals surface area contributed by atoms with Gasteiger partial charge in [-0.15, -0.1) is 0 Å². The maximum atomic E-state index is 3.73. The molecule has 2 nitrogen and oxygen atoms in total. The second-order valence-electron chi connectivity index (χ2n) is 4.30. The monoisotopic (exact) mass is 216 g/mol. The molecular weight excluding hydrogens is 192 g/mol. The molecule has 0 spiro atoms. The average Bonchev–Trinajstić information content (AvgIpc) is 2.18. The predicted octanol–water partition coefficient (Wildman–Crippen LogP) is 1.81. The number of nitrogens with one attached hydrogen (secondary N) is 1. The fourth-order valence-electron chi connectivity index (χ4n) is 1.92. The van der Waals surface area contributed by atoms with Gasteiger partial charge < -0.3 is 10.2 Å². The van der Waals surface area contributed by atoms with Crippen LogP contribution in [0.15, 0.2) is 0 Å². The van der Waals surface area contributed by atoms with Crippen LogP contribution in [0.1, 0.15) is 26.7 Å². The lowest BCUT2D eigenvalue weighted by Crippen LogP contribution is -2.45. The second kappa shape index (κ2) is 6.70. The van der Waals surface area contributed by atoms with Gasteiger partial charge in [0.2, 0.25) is 0 Å². The number of piperidine rings is 1. The molecule has 0 aromatic rings. The molecule has 1 rings (SSSR count). The van der Waals surface area contributed by atoms with Crippen LogP contribution >= 0.6 is 11.8 Å². The van der Waals surface area contributed by atoms with Crippen LogP contribution in [-0.4, -0.2) is 48.6 Å². The summed E-state index contributed by atoms with van der Waals surface area (Å²) in [6.45, 7) is 7.05. The van der Waals surface area contributed by atoms with E-state index in [1.54, 1.807) is 0 Å². The van der Waals surface area contributed by atoms with E-state index in [1.807, 2.05) is 11.8 Å². The minimum Gasteiger partial charge on any atom is -0.311 e. The normalized spacial score (nSPS) is 22.5. The fraction of sp³-hybridized carbons (Fsp3) is 1.00. The van der Waals surface area contributed by atoms with Crippen molar-refractivity contribution < 1.29 is 0 Å². The summed E-state index contributed by atoms with van der Waals surface area (Å²) in [4.78, 5) is 2.42. The Morgan fingerprint density at radius 2 is 2.07 bits per heavy atom. The van der Waals surface area contributed by atoms with E-state index in [-0.39, 0.29) is 0 Å². The minimum absolute atomic E-state index is 0.674. The summed E-state index contributed by atoms with van der Waals surface area (Å²) < 4.78 is 0. The number of nitrogens with zero attached hydrogens (tertiary/aromatic N) is 1. The van der Waals surface area contributed by atoms with Gasteiger partial charge in [-0.3, -0.25) is 0 Å². The molecule has 14 heavy (non-hydrogen) atoms. The molecule has 1 heterocycles. The van der Waals surface area contributed by atoms with Crippen molar-refractivity contribution in [2.45, 2.75) is 38.8 Å². The maximum absolute atomic E-state index is 3.73. The van der Waals surface area contributed by atoms with Crippen molar-refractivity contribution in [1.29, 1.82) is 0 Å². The molecule has 1 unspecified atom stereocenters. The van der Waals surface area contributed by atoms with E-state index in [1.165, 1.54) is 37.4 Å². The van der Waals surface area contributed by atoms with Gasteiger partial charge in [0.1, 0.15) is 0 Å². The Morgan fingerprint density at radius 3 is 2.64 bits per heavy atom. The molecule has 0 aromatic heterocycles. The summed E-state index contributed by atoms with van der Waals surface area (Å²) >= 11 is 2.03. The Bertz CT molecular complexity index is 144. The summed E-state index contributed by atoms with van der Waals surface area (Å²) in [6.07, 6.45) is 2.63. The molecule has 0 aromatic carbocycles. The van der Waals surface area contributed by atoms with E-state index >= 15 is 0 Å². The lowest BCUT2D eigenvalue weighted by molar-refractivity contribution is 0.229. The van der Waals surface area contributed by atoms with E-state index in [0.717, 1.165) is 6.04 Å². The maximum Gasteiger partial charge on any atom is 0.0132 e. The molecular formula is C11H24N2S. The zero-order valence-electron chi connectivity index (χ0n) is 9.75. The van der Waals surface area contributed by atoms with Crippen molar-refractivity contribution in [3.05, 3.63) is 0 Å². The molecule has 1 aliphatic rings. The van der Waals surface area contributed by atoms with Crippen LogP contribution in [0.4, 0.5) is 0 Å². The number of thioether (sulfide) groups is 1. The van der Waals surface area contributed by atoms with E-state index in [0.29, 0.717) is 6.04 Å². The first kappa shape index (κ1) is 12.3. The van der Waals surface area contributed by atoms with Gasteiger partial charge in [-0.1, -0.05) is 6.92 Å². The SMILES string of the molecule is CCSCC(C)NC1CCN(C)CC1. The summed E-state index contributed by atoms with van der Waals surface area (Å²) in [5, 5.41) is 3.73. The number of rotatable bonds is 5. The van der Waals surface area contributed by atoms with Crippen molar-refractivity contribution in [3.8, 4) is 0 Å². The molecule has 0 aliphatic carbocycles. The molecule has 1 N–H and O–H groups in total. The lowest BCUT2D eigenvalue weighted by atomic mass is 10.1. The highest BCUT2D eigenvalue weighted by Gasteiger charge is 2.17. The first-order valence-corrected chi connectivity index (χ1v) is 6.90. The van der Waals surface area contributed by atoms with Crippen LogP contribution in [0.25, 0.3) is 0 Å². The highest BCUT2D eigenvalue weighted by Crippen LogP contribution is 2.10. The Balaban J connectivity index is 2.10.